The van der Waals surface area contributed by atoms with E-state index in [-0.39, 0.29) is 5.41 Å². The van der Waals surface area contributed by atoms with Crippen LogP contribution in [-0.2, 0) is 23.6 Å². The summed E-state index contributed by atoms with van der Waals surface area (Å²) in [6, 6.07) is 13.0. The molecule has 0 aliphatic rings. The summed E-state index contributed by atoms with van der Waals surface area (Å²) in [5.41, 5.74) is 1.70. The number of fused-ring (bicyclic) bond motifs is 1. The van der Waals surface area contributed by atoms with E-state index in [0.29, 0.717) is 0 Å². The van der Waals surface area contributed by atoms with Crippen molar-refractivity contribution < 1.29 is 18.2 Å². The van der Waals surface area contributed by atoms with Crippen LogP contribution in [0.3, 0.4) is 0 Å². The molecule has 0 aliphatic heterocycles. The van der Waals surface area contributed by atoms with Crippen molar-refractivity contribution in [2.45, 2.75) is 26.2 Å². The van der Waals surface area contributed by atoms with E-state index in [2.05, 4.69) is 84.9 Å². The molecule has 84 valence electrons. The van der Waals surface area contributed by atoms with Crippen molar-refractivity contribution in [3.8, 4) is 0 Å². The van der Waals surface area contributed by atoms with E-state index in [1.807, 2.05) is 0 Å². The van der Waals surface area contributed by atoms with Crippen molar-refractivity contribution in [2.75, 3.05) is 0 Å². The minimum atomic E-state index is 0.253. The van der Waals surface area contributed by atoms with Gasteiger partial charge in [0.05, 0.1) is 0 Å². The summed E-state index contributed by atoms with van der Waals surface area (Å²) >= 11 is 2.22. The number of halogens is 1. The van der Waals surface area contributed by atoms with Crippen LogP contribution in [0.25, 0.3) is 10.8 Å². The van der Waals surface area contributed by atoms with Gasteiger partial charge in [0.1, 0.15) is 0 Å². The van der Waals surface area contributed by atoms with Gasteiger partial charge in [0.25, 0.3) is 0 Å². The van der Waals surface area contributed by atoms with Crippen LogP contribution in [0.5, 0.6) is 0 Å². The molecule has 2 heteroatoms. The average Bonchev–Trinajstić information content (AvgIpc) is 2.63. The molecule has 0 amide bonds. The molecule has 0 saturated carbocycles. The zero-order valence-corrected chi connectivity index (χ0v) is 11.5. The molecule has 0 aliphatic carbocycles. The molecule has 0 aromatic heterocycles. The second-order valence-corrected chi connectivity index (χ2v) is 4.58. The number of benzene rings is 1. The number of rotatable bonds is 0. The zero-order chi connectivity index (χ0) is 11.5. The fourth-order valence-corrected chi connectivity index (χ4v) is 1.80. The Hall–Kier alpha value is -0.218. The van der Waals surface area contributed by atoms with Crippen molar-refractivity contribution >= 4 is 20.3 Å². The third-order valence-electron chi connectivity index (χ3n) is 2.49. The first kappa shape index (κ1) is 12.8. The quantitative estimate of drug-likeness (QED) is 0.495. The van der Waals surface area contributed by atoms with Crippen LogP contribution in [0.15, 0.2) is 36.4 Å². The van der Waals surface area contributed by atoms with Gasteiger partial charge in [-0.2, -0.15) is 6.07 Å². The molecule has 0 radical (unpaired) electrons. The molecular formula is C13H15ClPd. The van der Waals surface area contributed by atoms with E-state index < -0.39 is 0 Å². The maximum atomic E-state index is 4.49. The summed E-state index contributed by atoms with van der Waals surface area (Å²) < 4.78 is 0. The second kappa shape index (κ2) is 5.21. The molecule has 2 aromatic carbocycles. The summed E-state index contributed by atoms with van der Waals surface area (Å²) in [6.45, 7) is 6.78. The van der Waals surface area contributed by atoms with Crippen LogP contribution in [-0.4, -0.2) is 0 Å². The Morgan fingerprint density at radius 3 is 2.27 bits per heavy atom. The van der Waals surface area contributed by atoms with E-state index in [1.54, 1.807) is 0 Å². The second-order valence-electron chi connectivity index (χ2n) is 4.58. The first-order valence-electron chi connectivity index (χ1n) is 4.86. The van der Waals surface area contributed by atoms with Crippen molar-refractivity contribution in [3.05, 3.63) is 42.0 Å². The Morgan fingerprint density at radius 2 is 1.67 bits per heavy atom. The average molecular weight is 313 g/mol. The Balaban J connectivity index is 0.000000531. The first-order chi connectivity index (χ1) is 7.09. The van der Waals surface area contributed by atoms with Crippen LogP contribution in [0.4, 0.5) is 0 Å². The Labute approximate surface area is 106 Å². The first-order valence-corrected chi connectivity index (χ1v) is 6.86. The summed E-state index contributed by atoms with van der Waals surface area (Å²) in [6.07, 6.45) is 0. The van der Waals surface area contributed by atoms with Crippen LogP contribution in [0.2, 0.25) is 0 Å². The Bertz CT molecular complexity index is 423. The van der Waals surface area contributed by atoms with Gasteiger partial charge >= 0.3 is 27.7 Å². The van der Waals surface area contributed by atoms with Crippen LogP contribution >= 0.6 is 9.53 Å². The van der Waals surface area contributed by atoms with E-state index >= 15 is 0 Å². The van der Waals surface area contributed by atoms with Crippen molar-refractivity contribution in [1.29, 1.82) is 0 Å². The molecule has 2 aromatic rings. The van der Waals surface area contributed by atoms with Crippen molar-refractivity contribution in [3.63, 3.8) is 0 Å². The minimum absolute atomic E-state index is 0.253. The molecule has 0 bridgehead atoms. The van der Waals surface area contributed by atoms with E-state index in [4.69, 9.17) is 0 Å². The summed E-state index contributed by atoms with van der Waals surface area (Å²) in [4.78, 5) is 0. The third-order valence-corrected chi connectivity index (χ3v) is 2.49. The van der Waals surface area contributed by atoms with Gasteiger partial charge in [0.2, 0.25) is 0 Å². The molecule has 0 atom stereocenters. The summed E-state index contributed by atoms with van der Waals surface area (Å²) in [5.74, 6) is 0. The predicted octanol–water partition coefficient (Wildman–Crippen LogP) is 4.54. The molecule has 15 heavy (non-hydrogen) atoms. The molecule has 0 nitrogen and oxygen atoms in total. The normalized spacial score (nSPS) is 11.1. The van der Waals surface area contributed by atoms with Gasteiger partial charge in [0, 0.05) is 0 Å². The molecular weight excluding hydrogens is 298 g/mol. The van der Waals surface area contributed by atoms with Gasteiger partial charge < -0.3 is 0 Å². The zero-order valence-electron chi connectivity index (χ0n) is 9.16. The number of hydrogen-bond acceptors (Lipinski definition) is 0. The molecule has 0 saturated heterocycles. The predicted molar refractivity (Wildman–Crippen MR) is 64.1 cm³/mol. The van der Waals surface area contributed by atoms with Gasteiger partial charge in [-0.25, -0.2) is 0 Å². The molecule has 2 rings (SSSR count). The molecule has 0 heterocycles. The maximum absolute atomic E-state index is 4.49. The van der Waals surface area contributed by atoms with Crippen LogP contribution in [0.1, 0.15) is 26.3 Å². The van der Waals surface area contributed by atoms with Crippen LogP contribution in [0, 0.1) is 0 Å². The van der Waals surface area contributed by atoms with Gasteiger partial charge in [0.15, 0.2) is 0 Å². The molecule has 0 spiro atoms. The standard InChI is InChI=1S/C13H15.ClH.Pd/c1-13(2,3)12-9-8-10-6-4-5-7-11(10)12;;/h4-9H,1-3H3;1H;/q-1;;+2/p-1. The van der Waals surface area contributed by atoms with Gasteiger partial charge in [-0.15, -0.1) is 40.6 Å². The Morgan fingerprint density at radius 1 is 1.07 bits per heavy atom. The third kappa shape index (κ3) is 2.88. The topological polar surface area (TPSA) is 0 Å². The SMILES string of the molecule is CC(C)(C)[c-]1ccc2ccccc21.[Cl][Pd+]. The summed E-state index contributed by atoms with van der Waals surface area (Å²) in [5, 5.41) is 2.75. The molecule has 0 unspecified atom stereocenters. The van der Waals surface area contributed by atoms with E-state index in [9.17, 15) is 0 Å². The van der Waals surface area contributed by atoms with E-state index in [0.717, 1.165) is 0 Å². The van der Waals surface area contributed by atoms with Gasteiger partial charge in [-0.05, 0) is 5.41 Å². The monoisotopic (exact) mass is 312 g/mol. The van der Waals surface area contributed by atoms with Gasteiger partial charge in [-0.3, -0.25) is 0 Å². The Kier molecular flexibility index (Phi) is 4.47. The summed E-state index contributed by atoms with van der Waals surface area (Å²) in [7, 11) is 4.49. The molecule has 0 fully saturated rings. The van der Waals surface area contributed by atoms with Crippen molar-refractivity contribution in [1.82, 2.24) is 0 Å². The van der Waals surface area contributed by atoms with Crippen LogP contribution < -0.4 is 0 Å². The van der Waals surface area contributed by atoms with E-state index in [1.165, 1.54) is 16.3 Å². The number of hydrogen-bond donors (Lipinski definition) is 0. The van der Waals surface area contributed by atoms with Gasteiger partial charge in [-0.1, -0.05) is 26.8 Å². The molecule has 0 N–H and O–H groups in total. The van der Waals surface area contributed by atoms with Crippen molar-refractivity contribution in [2.24, 2.45) is 0 Å². The fourth-order valence-electron chi connectivity index (χ4n) is 1.80. The fraction of sp³-hybridized carbons (Fsp3) is 0.308.